The van der Waals surface area contributed by atoms with Gasteiger partial charge in [-0.15, -0.1) is 0 Å². The third-order valence-corrected chi connectivity index (χ3v) is 2.99. The van der Waals surface area contributed by atoms with E-state index in [1.807, 2.05) is 6.92 Å². The van der Waals surface area contributed by atoms with Crippen LogP contribution in [0, 0.1) is 5.92 Å². The van der Waals surface area contributed by atoms with Crippen molar-refractivity contribution in [2.45, 2.75) is 33.1 Å². The van der Waals surface area contributed by atoms with Crippen LogP contribution in [-0.2, 0) is 9.59 Å². The zero-order chi connectivity index (χ0) is 15.4. The molecule has 0 heterocycles. The van der Waals surface area contributed by atoms with E-state index in [-0.39, 0.29) is 17.6 Å². The van der Waals surface area contributed by atoms with Gasteiger partial charge in [0, 0.05) is 38.5 Å². The highest BCUT2D eigenvalue weighted by molar-refractivity contribution is 5.80. The van der Waals surface area contributed by atoms with Crippen LogP contribution in [0.15, 0.2) is 0 Å². The van der Waals surface area contributed by atoms with Crippen LogP contribution in [0.1, 0.15) is 33.1 Å². The predicted octanol–water partition coefficient (Wildman–Crippen LogP) is 0.355. The summed E-state index contributed by atoms with van der Waals surface area (Å²) >= 11 is 0. The summed E-state index contributed by atoms with van der Waals surface area (Å²) in [6, 6.07) is 0. The van der Waals surface area contributed by atoms with Gasteiger partial charge in [-0.05, 0) is 19.8 Å². The number of nitrogens with one attached hydrogen (secondary N) is 3. The maximum absolute atomic E-state index is 11.5. The standard InChI is InChI=1S/C13H25N3O4/c1-3-11(10(2)17)4-5-12(18)15-8-6-14-7-9-16-13(19)20/h11,14,16H,3-9H2,1-2H3,(H,15,18)(H,19,20). The molecule has 0 aliphatic carbocycles. The number of Topliss-reactive ketones (excluding diaryl/α,β-unsaturated/α-hetero) is 1. The lowest BCUT2D eigenvalue weighted by Crippen LogP contribution is -2.36. The van der Waals surface area contributed by atoms with Crippen LogP contribution >= 0.6 is 0 Å². The second kappa shape index (κ2) is 11.2. The molecule has 0 spiro atoms. The molecule has 7 nitrogen and oxygen atoms in total. The summed E-state index contributed by atoms with van der Waals surface area (Å²) in [6.07, 6.45) is 0.670. The number of carbonyl (C=O) groups excluding carboxylic acids is 2. The smallest absolute Gasteiger partial charge is 0.404 e. The fraction of sp³-hybridized carbons (Fsp3) is 0.769. The minimum atomic E-state index is -1.05. The van der Waals surface area contributed by atoms with Crippen molar-refractivity contribution in [1.29, 1.82) is 0 Å². The number of hydrogen-bond acceptors (Lipinski definition) is 4. The van der Waals surface area contributed by atoms with Gasteiger partial charge in [-0.3, -0.25) is 9.59 Å². The number of carboxylic acid groups (broad SMARTS) is 1. The van der Waals surface area contributed by atoms with Crippen molar-refractivity contribution >= 4 is 17.8 Å². The Hall–Kier alpha value is -1.63. The first-order chi connectivity index (χ1) is 9.47. The van der Waals surface area contributed by atoms with E-state index in [1.165, 1.54) is 0 Å². The molecule has 0 aliphatic heterocycles. The number of ketones is 1. The molecule has 0 aliphatic rings. The van der Waals surface area contributed by atoms with Crippen molar-refractivity contribution in [3.05, 3.63) is 0 Å². The van der Waals surface area contributed by atoms with Crippen LogP contribution in [-0.4, -0.2) is 49.1 Å². The highest BCUT2D eigenvalue weighted by atomic mass is 16.4. The van der Waals surface area contributed by atoms with E-state index in [0.717, 1.165) is 6.42 Å². The van der Waals surface area contributed by atoms with Crippen molar-refractivity contribution in [3.63, 3.8) is 0 Å². The third kappa shape index (κ3) is 10.3. The summed E-state index contributed by atoms with van der Waals surface area (Å²) < 4.78 is 0. The molecule has 1 atom stereocenters. The van der Waals surface area contributed by atoms with Gasteiger partial charge in [-0.25, -0.2) is 4.79 Å². The quantitative estimate of drug-likeness (QED) is 0.410. The van der Waals surface area contributed by atoms with Gasteiger partial charge < -0.3 is 21.1 Å². The maximum atomic E-state index is 11.5. The maximum Gasteiger partial charge on any atom is 0.404 e. The molecule has 116 valence electrons. The van der Waals surface area contributed by atoms with Crippen LogP contribution < -0.4 is 16.0 Å². The second-order valence-electron chi connectivity index (χ2n) is 4.59. The summed E-state index contributed by atoms with van der Waals surface area (Å²) in [7, 11) is 0. The molecule has 4 N–H and O–H groups in total. The van der Waals surface area contributed by atoms with Crippen LogP contribution in [0.25, 0.3) is 0 Å². The third-order valence-electron chi connectivity index (χ3n) is 2.99. The molecule has 0 radical (unpaired) electrons. The van der Waals surface area contributed by atoms with Gasteiger partial charge in [0.2, 0.25) is 5.91 Å². The summed E-state index contributed by atoms with van der Waals surface area (Å²) in [5.74, 6) is 0.0454. The van der Waals surface area contributed by atoms with E-state index < -0.39 is 6.09 Å². The van der Waals surface area contributed by atoms with Gasteiger partial charge in [0.25, 0.3) is 0 Å². The van der Waals surface area contributed by atoms with Crippen LogP contribution in [0.5, 0.6) is 0 Å². The molecular weight excluding hydrogens is 262 g/mol. The minimum Gasteiger partial charge on any atom is -0.465 e. The average Bonchev–Trinajstić information content (AvgIpc) is 2.37. The van der Waals surface area contributed by atoms with Gasteiger partial charge in [0.05, 0.1) is 0 Å². The van der Waals surface area contributed by atoms with Gasteiger partial charge in [0.15, 0.2) is 0 Å². The van der Waals surface area contributed by atoms with E-state index in [9.17, 15) is 14.4 Å². The Morgan fingerprint density at radius 3 is 2.15 bits per heavy atom. The van der Waals surface area contributed by atoms with E-state index >= 15 is 0 Å². The Morgan fingerprint density at radius 2 is 1.65 bits per heavy atom. The number of carbonyl (C=O) groups is 3. The molecule has 0 aromatic carbocycles. The number of hydrogen-bond donors (Lipinski definition) is 4. The van der Waals surface area contributed by atoms with Crippen molar-refractivity contribution in [3.8, 4) is 0 Å². The molecule has 0 aromatic heterocycles. The molecule has 0 rings (SSSR count). The Balaban J connectivity index is 3.49. The van der Waals surface area contributed by atoms with Crippen LogP contribution in [0.4, 0.5) is 4.79 Å². The predicted molar refractivity (Wildman–Crippen MR) is 75.6 cm³/mol. The minimum absolute atomic E-state index is 0.0269. The highest BCUT2D eigenvalue weighted by Gasteiger charge is 2.13. The lowest BCUT2D eigenvalue weighted by molar-refractivity contribution is -0.123. The topological polar surface area (TPSA) is 108 Å². The molecule has 0 bridgehead atoms. The molecule has 1 unspecified atom stereocenters. The van der Waals surface area contributed by atoms with Crippen LogP contribution in [0.3, 0.4) is 0 Å². The zero-order valence-electron chi connectivity index (χ0n) is 12.2. The largest absolute Gasteiger partial charge is 0.465 e. The monoisotopic (exact) mass is 287 g/mol. The fourth-order valence-corrected chi connectivity index (χ4v) is 1.76. The Labute approximate surface area is 119 Å². The van der Waals surface area contributed by atoms with E-state index in [0.29, 0.717) is 39.0 Å². The fourth-order valence-electron chi connectivity index (χ4n) is 1.76. The molecule has 0 aromatic rings. The molecule has 0 saturated heterocycles. The van der Waals surface area contributed by atoms with Crippen LogP contribution in [0.2, 0.25) is 0 Å². The molecule has 20 heavy (non-hydrogen) atoms. The summed E-state index contributed by atoms with van der Waals surface area (Å²) in [6.45, 7) is 5.42. The van der Waals surface area contributed by atoms with Crippen molar-refractivity contribution in [2.24, 2.45) is 5.92 Å². The molecule has 2 amide bonds. The zero-order valence-corrected chi connectivity index (χ0v) is 12.2. The van der Waals surface area contributed by atoms with Crippen molar-refractivity contribution in [2.75, 3.05) is 26.2 Å². The van der Waals surface area contributed by atoms with Gasteiger partial charge in [-0.1, -0.05) is 6.92 Å². The summed E-state index contributed by atoms with van der Waals surface area (Å²) in [5, 5.41) is 16.3. The van der Waals surface area contributed by atoms with E-state index in [1.54, 1.807) is 6.92 Å². The lowest BCUT2D eigenvalue weighted by atomic mass is 9.96. The Bertz CT molecular complexity index is 321. The SMILES string of the molecule is CCC(CCC(=O)NCCNCCNC(=O)O)C(C)=O. The number of rotatable bonds is 11. The van der Waals surface area contributed by atoms with Gasteiger partial charge >= 0.3 is 6.09 Å². The van der Waals surface area contributed by atoms with E-state index in [4.69, 9.17) is 5.11 Å². The van der Waals surface area contributed by atoms with Gasteiger partial charge in [-0.2, -0.15) is 0 Å². The average molecular weight is 287 g/mol. The first-order valence-electron chi connectivity index (χ1n) is 6.92. The summed E-state index contributed by atoms with van der Waals surface area (Å²) in [5.41, 5.74) is 0. The van der Waals surface area contributed by atoms with E-state index in [2.05, 4.69) is 16.0 Å². The lowest BCUT2D eigenvalue weighted by Gasteiger charge is -2.11. The van der Waals surface area contributed by atoms with Crippen molar-refractivity contribution < 1.29 is 19.5 Å². The molecule has 7 heteroatoms. The first-order valence-corrected chi connectivity index (χ1v) is 6.92. The highest BCUT2D eigenvalue weighted by Crippen LogP contribution is 2.11. The molecule has 0 fully saturated rings. The Kier molecular flexibility index (Phi) is 10.3. The number of amides is 2. The normalized spacial score (nSPS) is 11.7. The second-order valence-corrected chi connectivity index (χ2v) is 4.59. The van der Waals surface area contributed by atoms with Crippen molar-refractivity contribution in [1.82, 2.24) is 16.0 Å². The Morgan fingerprint density at radius 1 is 1.05 bits per heavy atom. The molecular formula is C13H25N3O4. The molecule has 0 saturated carbocycles. The van der Waals surface area contributed by atoms with Gasteiger partial charge in [0.1, 0.15) is 5.78 Å². The summed E-state index contributed by atoms with van der Waals surface area (Å²) in [4.78, 5) is 32.9. The first kappa shape index (κ1) is 18.4.